The van der Waals surface area contributed by atoms with Crippen LogP contribution in [0.1, 0.15) is 37.3 Å². The second kappa shape index (κ2) is 10.4. The van der Waals surface area contributed by atoms with Crippen molar-refractivity contribution in [3.63, 3.8) is 0 Å². The summed E-state index contributed by atoms with van der Waals surface area (Å²) in [4.78, 5) is 24.2. The van der Waals surface area contributed by atoms with E-state index in [0.717, 1.165) is 43.2 Å². The summed E-state index contributed by atoms with van der Waals surface area (Å²) in [6.07, 6.45) is 4.12. The molecule has 1 aromatic heterocycles. The van der Waals surface area contributed by atoms with Crippen molar-refractivity contribution < 1.29 is 13.2 Å². The van der Waals surface area contributed by atoms with E-state index in [1.165, 1.54) is 6.20 Å². The number of nitrogens with one attached hydrogen (secondary N) is 2. The molecule has 3 aliphatic rings. The molecule has 5 rings (SSSR count). The van der Waals surface area contributed by atoms with Gasteiger partial charge in [-0.2, -0.15) is 0 Å². The van der Waals surface area contributed by atoms with Crippen LogP contribution >= 0.6 is 0 Å². The highest BCUT2D eigenvalue weighted by Gasteiger charge is 2.35. The van der Waals surface area contributed by atoms with Crippen LogP contribution in [0.4, 0.5) is 11.5 Å². The van der Waals surface area contributed by atoms with E-state index in [1.54, 1.807) is 6.07 Å². The van der Waals surface area contributed by atoms with Crippen LogP contribution in [-0.2, 0) is 14.8 Å². The normalized spacial score (nSPS) is 24.9. The maximum Gasteiger partial charge on any atom is 0.242 e. The third-order valence-electron chi connectivity index (χ3n) is 7.79. The Morgan fingerprint density at radius 2 is 1.75 bits per heavy atom. The second-order valence-electron chi connectivity index (χ2n) is 10.2. The van der Waals surface area contributed by atoms with E-state index in [-0.39, 0.29) is 28.8 Å². The number of fused-ring (bicyclic) bond motifs is 1. The molecule has 1 aromatic carbocycles. The largest absolute Gasteiger partial charge is 0.370 e. The maximum absolute atomic E-state index is 13.5. The average molecular weight is 513 g/mol. The number of anilines is 2. The van der Waals surface area contributed by atoms with Gasteiger partial charge in [-0.1, -0.05) is 30.3 Å². The summed E-state index contributed by atoms with van der Waals surface area (Å²) >= 11 is 0. The van der Waals surface area contributed by atoms with Gasteiger partial charge in [0.1, 0.15) is 4.90 Å². The number of sulfonamides is 1. The number of piperazine rings is 1. The van der Waals surface area contributed by atoms with Crippen LogP contribution in [0.15, 0.2) is 47.5 Å². The predicted molar refractivity (Wildman–Crippen MR) is 141 cm³/mol. The van der Waals surface area contributed by atoms with Gasteiger partial charge in [-0.15, -0.1) is 0 Å². The average Bonchev–Trinajstić information content (AvgIpc) is 2.91. The molecule has 0 radical (unpaired) electrons. The Morgan fingerprint density at radius 3 is 2.50 bits per heavy atom. The van der Waals surface area contributed by atoms with Crippen LogP contribution in [0.25, 0.3) is 0 Å². The molecule has 1 saturated carbocycles. The fourth-order valence-electron chi connectivity index (χ4n) is 5.60. The van der Waals surface area contributed by atoms with Gasteiger partial charge in [0.25, 0.3) is 0 Å². The molecule has 2 aromatic rings. The van der Waals surface area contributed by atoms with Gasteiger partial charge in [0, 0.05) is 65.0 Å². The highest BCUT2D eigenvalue weighted by Crippen LogP contribution is 2.33. The molecule has 0 spiro atoms. The summed E-state index contributed by atoms with van der Waals surface area (Å²) in [5.74, 6) is 0.922. The Labute approximate surface area is 213 Å². The Bertz CT molecular complexity index is 1180. The van der Waals surface area contributed by atoms with Gasteiger partial charge < -0.3 is 20.0 Å². The molecule has 1 atom stereocenters. The lowest BCUT2D eigenvalue weighted by Crippen LogP contribution is -2.51. The van der Waals surface area contributed by atoms with Gasteiger partial charge in [0.05, 0.1) is 11.7 Å². The molecule has 2 fully saturated rings. The van der Waals surface area contributed by atoms with Gasteiger partial charge in [0.15, 0.2) is 5.82 Å². The smallest absolute Gasteiger partial charge is 0.242 e. The van der Waals surface area contributed by atoms with E-state index in [2.05, 4.69) is 27.2 Å². The fourth-order valence-corrected chi connectivity index (χ4v) is 6.87. The quantitative estimate of drug-likeness (QED) is 0.632. The molecule has 9 nitrogen and oxygen atoms in total. The van der Waals surface area contributed by atoms with Crippen LogP contribution in [0, 0.1) is 5.92 Å². The fraction of sp³-hybridized carbons (Fsp3) is 0.538. The zero-order valence-electron chi connectivity index (χ0n) is 21.1. The van der Waals surface area contributed by atoms with E-state index in [4.69, 9.17) is 0 Å². The zero-order valence-corrected chi connectivity index (χ0v) is 21.9. The number of rotatable bonds is 5. The number of hydrogen-bond acceptors (Lipinski definition) is 7. The number of hydrogen-bond donors (Lipinski definition) is 2. The van der Waals surface area contributed by atoms with Crippen LogP contribution in [0.2, 0.25) is 0 Å². The number of benzene rings is 1. The molecule has 10 heteroatoms. The number of amides is 1. The lowest BCUT2D eigenvalue weighted by atomic mass is 9.85. The minimum atomic E-state index is -3.70. The summed E-state index contributed by atoms with van der Waals surface area (Å²) in [6.45, 7) is 3.91. The van der Waals surface area contributed by atoms with Crippen LogP contribution in [0.5, 0.6) is 0 Å². The molecule has 194 valence electrons. The molecule has 1 amide bonds. The second-order valence-corrected chi connectivity index (χ2v) is 11.9. The Balaban J connectivity index is 1.22. The molecule has 2 aliphatic heterocycles. The van der Waals surface area contributed by atoms with Crippen LogP contribution in [0.3, 0.4) is 0 Å². The number of likely N-dealkylation sites (N-methyl/N-ethyl adjacent to an activating group) is 2. The summed E-state index contributed by atoms with van der Waals surface area (Å²) in [5.41, 5.74) is 1.97. The summed E-state index contributed by atoms with van der Waals surface area (Å²) in [5, 5.41) is 3.41. The van der Waals surface area contributed by atoms with Crippen molar-refractivity contribution in [2.75, 3.05) is 56.6 Å². The molecular weight excluding hydrogens is 476 g/mol. The molecule has 1 saturated heterocycles. The molecular formula is C26H36N6O3S. The molecule has 1 unspecified atom stereocenters. The van der Waals surface area contributed by atoms with Gasteiger partial charge >= 0.3 is 0 Å². The molecule has 36 heavy (non-hydrogen) atoms. The van der Waals surface area contributed by atoms with E-state index < -0.39 is 10.0 Å². The number of nitrogens with zero attached hydrogens (tertiary/aromatic N) is 4. The molecule has 1 aliphatic carbocycles. The van der Waals surface area contributed by atoms with Crippen LogP contribution < -0.4 is 19.8 Å². The van der Waals surface area contributed by atoms with Crippen molar-refractivity contribution in [3.05, 3.63) is 48.2 Å². The van der Waals surface area contributed by atoms with E-state index in [9.17, 15) is 13.2 Å². The summed E-state index contributed by atoms with van der Waals surface area (Å²) < 4.78 is 29.2. The first-order chi connectivity index (χ1) is 17.3. The maximum atomic E-state index is 13.5. The first kappa shape index (κ1) is 25.0. The van der Waals surface area contributed by atoms with Crippen molar-refractivity contribution in [3.8, 4) is 0 Å². The number of carbonyl (C=O) groups excluding carboxylic acids is 1. The van der Waals surface area contributed by atoms with Crippen molar-refractivity contribution in [2.45, 2.75) is 42.7 Å². The van der Waals surface area contributed by atoms with Gasteiger partial charge in [0.2, 0.25) is 15.9 Å². The van der Waals surface area contributed by atoms with Crippen molar-refractivity contribution in [2.24, 2.45) is 5.92 Å². The third kappa shape index (κ3) is 5.07. The Morgan fingerprint density at radius 1 is 1.03 bits per heavy atom. The Hall–Kier alpha value is -2.69. The number of carbonyl (C=O) groups is 1. The topological polar surface area (TPSA) is 97.9 Å². The zero-order chi connectivity index (χ0) is 25.3. The van der Waals surface area contributed by atoms with E-state index in [1.807, 2.05) is 47.0 Å². The van der Waals surface area contributed by atoms with Crippen molar-refractivity contribution >= 4 is 27.4 Å². The first-order valence-electron chi connectivity index (χ1n) is 12.8. The highest BCUT2D eigenvalue weighted by molar-refractivity contribution is 7.89. The van der Waals surface area contributed by atoms with Crippen molar-refractivity contribution in [1.82, 2.24) is 19.9 Å². The minimum absolute atomic E-state index is 0.0392. The van der Waals surface area contributed by atoms with Gasteiger partial charge in [-0.25, -0.2) is 18.1 Å². The SMILES string of the molecule is CN1CCN(C)c2ncc(S(=O)(=O)NC3CCC(C(=O)N4CCNCC4c4ccccc4)CC3)cc21. The minimum Gasteiger partial charge on any atom is -0.370 e. The predicted octanol–water partition coefficient (Wildman–Crippen LogP) is 1.98. The van der Waals surface area contributed by atoms with Crippen LogP contribution in [-0.4, -0.2) is 77.1 Å². The molecule has 2 N–H and O–H groups in total. The first-order valence-corrected chi connectivity index (χ1v) is 14.3. The van der Waals surface area contributed by atoms with Crippen molar-refractivity contribution in [1.29, 1.82) is 0 Å². The van der Waals surface area contributed by atoms with E-state index in [0.29, 0.717) is 32.2 Å². The lowest BCUT2D eigenvalue weighted by molar-refractivity contribution is -0.140. The summed E-state index contributed by atoms with van der Waals surface area (Å²) in [7, 11) is 0.222. The molecule has 3 heterocycles. The summed E-state index contributed by atoms with van der Waals surface area (Å²) in [6, 6.07) is 11.7. The standard InChI is InChI=1S/C26H36N6O3S/c1-30-14-15-31(2)25-23(30)16-22(17-28-25)36(34,35)29-21-10-8-20(9-11-21)26(33)32-13-12-27-18-24(32)19-6-4-3-5-7-19/h3-7,16-17,20-21,24,27,29H,8-15,18H2,1-2H3. The molecule has 0 bridgehead atoms. The third-order valence-corrected chi connectivity index (χ3v) is 9.27. The van der Waals surface area contributed by atoms with E-state index >= 15 is 0 Å². The van der Waals surface area contributed by atoms with Gasteiger partial charge in [-0.05, 0) is 37.3 Å². The van der Waals surface area contributed by atoms with Gasteiger partial charge in [-0.3, -0.25) is 4.79 Å². The number of aromatic nitrogens is 1. The Kier molecular flexibility index (Phi) is 7.18. The number of pyridine rings is 1. The highest BCUT2D eigenvalue weighted by atomic mass is 32.2. The monoisotopic (exact) mass is 512 g/mol. The lowest BCUT2D eigenvalue weighted by Gasteiger charge is -2.40.